The minimum Gasteiger partial charge on any atom is -0.325 e. The molecule has 0 bridgehead atoms. The highest BCUT2D eigenvalue weighted by molar-refractivity contribution is 7.16. The van der Waals surface area contributed by atoms with Gasteiger partial charge in [0.2, 0.25) is 0 Å². The summed E-state index contributed by atoms with van der Waals surface area (Å²) in [4.78, 5) is 14.4. The van der Waals surface area contributed by atoms with Crippen molar-refractivity contribution in [3.05, 3.63) is 50.7 Å². The summed E-state index contributed by atoms with van der Waals surface area (Å²) in [7, 11) is 2.01. The van der Waals surface area contributed by atoms with Crippen LogP contribution in [0.5, 0.6) is 0 Å². The van der Waals surface area contributed by atoms with Crippen molar-refractivity contribution in [1.82, 2.24) is 0 Å². The van der Waals surface area contributed by atoms with Crippen LogP contribution < -0.4 is 10.2 Å². The maximum Gasteiger partial charge on any atom is 0.279 e. The molecule has 5 heteroatoms. The zero-order valence-electron chi connectivity index (χ0n) is 12.5. The fourth-order valence-corrected chi connectivity index (χ4v) is 3.53. The number of likely N-dealkylation sites (N-methyl/N-ethyl adjacent to an activating group) is 1. The highest BCUT2D eigenvalue weighted by Crippen LogP contribution is 2.20. The molecule has 2 N–H and O–H groups in total. The van der Waals surface area contributed by atoms with Crippen molar-refractivity contribution in [2.24, 2.45) is 0 Å². The lowest BCUT2D eigenvalue weighted by molar-refractivity contribution is -0.884. The van der Waals surface area contributed by atoms with Gasteiger partial charge in [-0.25, -0.2) is 0 Å². The lowest BCUT2D eigenvalue weighted by atomic mass is 10.1. The third kappa shape index (κ3) is 5.16. The number of nitrogens with one attached hydrogen (secondary N) is 2. The van der Waals surface area contributed by atoms with Gasteiger partial charge in [-0.2, -0.15) is 0 Å². The van der Waals surface area contributed by atoms with Gasteiger partial charge in [0.25, 0.3) is 5.91 Å². The van der Waals surface area contributed by atoms with Gasteiger partial charge < -0.3 is 10.2 Å². The standard InChI is InChI=1S/C16H19ClN2OS/c1-11-6-12(2)8-13(7-11)18-16(20)10-19(3)9-14-4-5-15(17)21-14/h4-8H,9-10H2,1-3H3,(H,18,20)/p+1. The van der Waals surface area contributed by atoms with E-state index in [1.54, 1.807) is 11.3 Å². The number of quaternary nitrogens is 1. The molecule has 2 rings (SSSR count). The zero-order chi connectivity index (χ0) is 15.4. The third-order valence-corrected chi connectivity index (χ3v) is 4.30. The molecule has 0 saturated heterocycles. The Morgan fingerprint density at radius 1 is 1.24 bits per heavy atom. The molecule has 0 aliphatic rings. The summed E-state index contributed by atoms with van der Waals surface area (Å²) in [6.45, 7) is 5.29. The van der Waals surface area contributed by atoms with Crippen LogP contribution in [0.25, 0.3) is 0 Å². The summed E-state index contributed by atoms with van der Waals surface area (Å²) in [6, 6.07) is 9.97. The molecule has 1 aromatic carbocycles. The van der Waals surface area contributed by atoms with Crippen molar-refractivity contribution >= 4 is 34.5 Å². The predicted molar refractivity (Wildman–Crippen MR) is 89.3 cm³/mol. The summed E-state index contributed by atoms with van der Waals surface area (Å²) in [6.07, 6.45) is 0. The molecule has 1 unspecified atom stereocenters. The van der Waals surface area contributed by atoms with Crippen LogP contribution >= 0.6 is 22.9 Å². The van der Waals surface area contributed by atoms with E-state index in [9.17, 15) is 4.79 Å². The molecule has 0 aliphatic heterocycles. The van der Waals surface area contributed by atoms with Crippen LogP contribution in [0.4, 0.5) is 5.69 Å². The number of rotatable bonds is 5. The Kier molecular flexibility index (Phi) is 5.39. The van der Waals surface area contributed by atoms with E-state index < -0.39 is 0 Å². The predicted octanol–water partition coefficient (Wildman–Crippen LogP) is 2.67. The molecule has 0 fully saturated rings. The molecule has 1 aromatic heterocycles. The molecule has 1 amide bonds. The average Bonchev–Trinajstić information content (AvgIpc) is 2.72. The van der Waals surface area contributed by atoms with Crippen molar-refractivity contribution in [1.29, 1.82) is 0 Å². The minimum absolute atomic E-state index is 0.0279. The number of aryl methyl sites for hydroxylation is 2. The molecule has 21 heavy (non-hydrogen) atoms. The molecular formula is C16H20ClN2OS+. The van der Waals surface area contributed by atoms with E-state index in [-0.39, 0.29) is 5.91 Å². The number of anilines is 1. The number of halogens is 1. The van der Waals surface area contributed by atoms with Gasteiger partial charge in [0, 0.05) is 5.69 Å². The maximum atomic E-state index is 12.1. The zero-order valence-corrected chi connectivity index (χ0v) is 14.1. The first-order chi connectivity index (χ1) is 9.92. The normalized spacial score (nSPS) is 12.2. The summed E-state index contributed by atoms with van der Waals surface area (Å²) in [5, 5.41) is 2.96. The Labute approximate surface area is 134 Å². The van der Waals surface area contributed by atoms with Crippen molar-refractivity contribution in [2.75, 3.05) is 18.9 Å². The number of benzene rings is 1. The van der Waals surface area contributed by atoms with Crippen LogP contribution in [0.15, 0.2) is 30.3 Å². The Balaban J connectivity index is 1.88. The first kappa shape index (κ1) is 16.0. The van der Waals surface area contributed by atoms with Crippen LogP contribution in [-0.4, -0.2) is 19.5 Å². The number of amides is 1. The number of hydrogen-bond acceptors (Lipinski definition) is 2. The molecule has 0 saturated carbocycles. The number of carbonyl (C=O) groups is 1. The molecule has 0 aliphatic carbocycles. The van der Waals surface area contributed by atoms with Gasteiger partial charge in [-0.3, -0.25) is 4.79 Å². The maximum absolute atomic E-state index is 12.1. The largest absolute Gasteiger partial charge is 0.325 e. The third-order valence-electron chi connectivity index (χ3n) is 3.07. The van der Waals surface area contributed by atoms with E-state index in [4.69, 9.17) is 11.6 Å². The summed E-state index contributed by atoms with van der Waals surface area (Å²) >= 11 is 7.48. The van der Waals surface area contributed by atoms with Gasteiger partial charge in [0.1, 0.15) is 6.54 Å². The second kappa shape index (κ2) is 7.07. The topological polar surface area (TPSA) is 33.5 Å². The van der Waals surface area contributed by atoms with Gasteiger partial charge >= 0.3 is 0 Å². The van der Waals surface area contributed by atoms with Gasteiger partial charge in [0.15, 0.2) is 6.54 Å². The lowest BCUT2D eigenvalue weighted by Crippen LogP contribution is -3.08. The Morgan fingerprint density at radius 2 is 1.90 bits per heavy atom. The van der Waals surface area contributed by atoms with Crippen LogP contribution in [-0.2, 0) is 11.3 Å². The molecule has 0 spiro atoms. The number of hydrogen-bond donors (Lipinski definition) is 2. The smallest absolute Gasteiger partial charge is 0.279 e. The van der Waals surface area contributed by atoms with Crippen molar-refractivity contribution in [3.8, 4) is 0 Å². The molecule has 0 radical (unpaired) electrons. The van der Waals surface area contributed by atoms with E-state index in [0.29, 0.717) is 6.54 Å². The Hall–Kier alpha value is -1.36. The fraction of sp³-hybridized carbons (Fsp3) is 0.312. The number of carbonyl (C=O) groups excluding carboxylic acids is 1. The Morgan fingerprint density at radius 3 is 2.48 bits per heavy atom. The van der Waals surface area contributed by atoms with Crippen LogP contribution in [0.2, 0.25) is 4.34 Å². The molecule has 1 heterocycles. The monoisotopic (exact) mass is 323 g/mol. The summed E-state index contributed by atoms with van der Waals surface area (Å²) in [5.74, 6) is 0.0279. The van der Waals surface area contributed by atoms with Crippen molar-refractivity contribution in [3.63, 3.8) is 0 Å². The van der Waals surface area contributed by atoms with Gasteiger partial charge in [-0.05, 0) is 49.2 Å². The van der Waals surface area contributed by atoms with Crippen LogP contribution in [0.3, 0.4) is 0 Å². The van der Waals surface area contributed by atoms with Gasteiger partial charge in [0.05, 0.1) is 16.3 Å². The van der Waals surface area contributed by atoms with E-state index in [1.807, 2.05) is 45.2 Å². The van der Waals surface area contributed by atoms with Gasteiger partial charge in [-0.15, -0.1) is 11.3 Å². The quantitative estimate of drug-likeness (QED) is 0.871. The summed E-state index contributed by atoms with van der Waals surface area (Å²) < 4.78 is 0.789. The van der Waals surface area contributed by atoms with E-state index in [2.05, 4.69) is 11.4 Å². The van der Waals surface area contributed by atoms with E-state index in [0.717, 1.165) is 32.6 Å². The second-order valence-electron chi connectivity index (χ2n) is 5.44. The van der Waals surface area contributed by atoms with Crippen LogP contribution in [0, 0.1) is 13.8 Å². The van der Waals surface area contributed by atoms with Crippen molar-refractivity contribution in [2.45, 2.75) is 20.4 Å². The highest BCUT2D eigenvalue weighted by atomic mass is 35.5. The molecule has 3 nitrogen and oxygen atoms in total. The van der Waals surface area contributed by atoms with Crippen LogP contribution in [0.1, 0.15) is 16.0 Å². The van der Waals surface area contributed by atoms with Crippen molar-refractivity contribution < 1.29 is 9.69 Å². The molecule has 2 aromatic rings. The SMILES string of the molecule is Cc1cc(C)cc(NC(=O)C[NH+](C)Cc2ccc(Cl)s2)c1. The van der Waals surface area contributed by atoms with E-state index in [1.165, 1.54) is 4.88 Å². The number of thiophene rings is 1. The minimum atomic E-state index is 0.0279. The second-order valence-corrected chi connectivity index (χ2v) is 7.24. The molecule has 112 valence electrons. The first-order valence-corrected chi connectivity index (χ1v) is 8.05. The van der Waals surface area contributed by atoms with E-state index >= 15 is 0 Å². The summed E-state index contributed by atoms with van der Waals surface area (Å²) in [5.41, 5.74) is 3.17. The highest BCUT2D eigenvalue weighted by Gasteiger charge is 2.12. The average molecular weight is 324 g/mol. The fourth-order valence-electron chi connectivity index (χ4n) is 2.33. The molecule has 1 atom stereocenters. The first-order valence-electron chi connectivity index (χ1n) is 6.86. The molecular weight excluding hydrogens is 304 g/mol. The lowest BCUT2D eigenvalue weighted by Gasteiger charge is -2.13. The van der Waals surface area contributed by atoms with Gasteiger partial charge in [-0.1, -0.05) is 17.7 Å². The Bertz CT molecular complexity index is 619.